The van der Waals surface area contributed by atoms with E-state index in [4.69, 9.17) is 9.47 Å². The van der Waals surface area contributed by atoms with Gasteiger partial charge < -0.3 is 9.47 Å². The zero-order valence-corrected chi connectivity index (χ0v) is 11.4. The lowest BCUT2D eigenvalue weighted by Gasteiger charge is -2.46. The third-order valence-corrected chi connectivity index (χ3v) is 4.21. The van der Waals surface area contributed by atoms with Crippen LogP contribution in [0.4, 0.5) is 0 Å². The predicted molar refractivity (Wildman–Crippen MR) is 72.1 cm³/mol. The molecule has 2 nitrogen and oxygen atoms in total. The van der Waals surface area contributed by atoms with Crippen LogP contribution >= 0.6 is 0 Å². The summed E-state index contributed by atoms with van der Waals surface area (Å²) in [5, 5.41) is 0. The molecule has 1 aromatic carbocycles. The lowest BCUT2D eigenvalue weighted by Crippen LogP contribution is -2.48. The van der Waals surface area contributed by atoms with Crippen LogP contribution in [0.1, 0.15) is 43.2 Å². The Balaban J connectivity index is 1.68. The van der Waals surface area contributed by atoms with E-state index in [1.807, 2.05) is 0 Å². The normalized spacial score (nSPS) is 25.8. The van der Waals surface area contributed by atoms with Crippen molar-refractivity contribution in [3.8, 4) is 5.75 Å². The first-order chi connectivity index (χ1) is 8.65. The van der Waals surface area contributed by atoms with E-state index in [1.54, 1.807) is 0 Å². The Morgan fingerprint density at radius 1 is 1.17 bits per heavy atom. The van der Waals surface area contributed by atoms with Gasteiger partial charge in [0.2, 0.25) is 0 Å². The van der Waals surface area contributed by atoms with Crippen molar-refractivity contribution in [2.45, 2.75) is 57.7 Å². The third-order valence-electron chi connectivity index (χ3n) is 4.21. The molecular formula is C16H22O2. The van der Waals surface area contributed by atoms with Gasteiger partial charge in [0, 0.05) is 12.8 Å². The molecule has 2 fully saturated rings. The average molecular weight is 246 g/mol. The summed E-state index contributed by atoms with van der Waals surface area (Å²) < 4.78 is 12.1. The van der Waals surface area contributed by atoms with E-state index >= 15 is 0 Å². The van der Waals surface area contributed by atoms with Crippen molar-refractivity contribution in [2.24, 2.45) is 0 Å². The molecule has 1 saturated heterocycles. The molecule has 1 saturated carbocycles. The van der Waals surface area contributed by atoms with Crippen molar-refractivity contribution in [1.82, 2.24) is 0 Å². The first kappa shape index (κ1) is 12.0. The number of hydrogen-bond acceptors (Lipinski definition) is 2. The molecule has 18 heavy (non-hydrogen) atoms. The summed E-state index contributed by atoms with van der Waals surface area (Å²) in [5.74, 6) is 1.02. The first-order valence-electron chi connectivity index (χ1n) is 7.04. The number of rotatable bonds is 2. The first-order valence-corrected chi connectivity index (χ1v) is 7.04. The smallest absolute Gasteiger partial charge is 0.120 e. The number of benzene rings is 1. The fourth-order valence-corrected chi connectivity index (χ4v) is 3.20. The summed E-state index contributed by atoms with van der Waals surface area (Å²) in [5.41, 5.74) is 2.72. The monoisotopic (exact) mass is 246 g/mol. The Hall–Kier alpha value is -1.02. The molecule has 2 heteroatoms. The fraction of sp³-hybridized carbons (Fsp3) is 0.625. The molecule has 0 amide bonds. The minimum absolute atomic E-state index is 0.168. The van der Waals surface area contributed by atoms with E-state index in [1.165, 1.54) is 30.4 Å². The lowest BCUT2D eigenvalue weighted by atomic mass is 9.74. The summed E-state index contributed by atoms with van der Waals surface area (Å²) >= 11 is 0. The second-order valence-corrected chi connectivity index (χ2v) is 5.94. The highest BCUT2D eigenvalue weighted by Crippen LogP contribution is 2.43. The van der Waals surface area contributed by atoms with E-state index in [2.05, 4.69) is 32.0 Å². The van der Waals surface area contributed by atoms with Crippen LogP contribution in [0.3, 0.4) is 0 Å². The molecule has 1 aliphatic heterocycles. The quantitative estimate of drug-likeness (QED) is 0.790. The van der Waals surface area contributed by atoms with Crippen LogP contribution in [0.5, 0.6) is 5.75 Å². The summed E-state index contributed by atoms with van der Waals surface area (Å²) in [6.07, 6.45) is 6.19. The van der Waals surface area contributed by atoms with Gasteiger partial charge >= 0.3 is 0 Å². The van der Waals surface area contributed by atoms with E-state index < -0.39 is 0 Å². The molecule has 1 atom stereocenters. The maximum absolute atomic E-state index is 6.17. The van der Waals surface area contributed by atoms with E-state index in [0.717, 1.165) is 25.2 Å². The van der Waals surface area contributed by atoms with Crippen molar-refractivity contribution in [3.63, 3.8) is 0 Å². The Morgan fingerprint density at radius 3 is 2.50 bits per heavy atom. The minimum Gasteiger partial charge on any atom is -0.490 e. The molecule has 98 valence electrons. The summed E-state index contributed by atoms with van der Waals surface area (Å²) in [6, 6.07) is 6.45. The van der Waals surface area contributed by atoms with Crippen LogP contribution in [-0.2, 0) is 4.74 Å². The maximum Gasteiger partial charge on any atom is 0.120 e. The van der Waals surface area contributed by atoms with Crippen molar-refractivity contribution < 1.29 is 9.47 Å². The van der Waals surface area contributed by atoms with Crippen molar-refractivity contribution in [3.05, 3.63) is 29.3 Å². The Labute approximate surface area is 109 Å². The van der Waals surface area contributed by atoms with Gasteiger partial charge in [0.25, 0.3) is 0 Å². The van der Waals surface area contributed by atoms with E-state index in [-0.39, 0.29) is 5.60 Å². The van der Waals surface area contributed by atoms with Crippen LogP contribution < -0.4 is 4.74 Å². The molecule has 1 spiro atoms. The number of ether oxygens (including phenoxy) is 2. The minimum atomic E-state index is 0.168. The Bertz CT molecular complexity index is 414. The highest BCUT2D eigenvalue weighted by molar-refractivity contribution is 5.33. The van der Waals surface area contributed by atoms with Gasteiger partial charge in [-0.05, 0) is 56.4 Å². The van der Waals surface area contributed by atoms with Crippen molar-refractivity contribution in [1.29, 1.82) is 0 Å². The van der Waals surface area contributed by atoms with Gasteiger partial charge in [-0.1, -0.05) is 6.07 Å². The molecule has 0 aromatic heterocycles. The second-order valence-electron chi connectivity index (χ2n) is 5.94. The molecule has 1 unspecified atom stereocenters. The van der Waals surface area contributed by atoms with Crippen LogP contribution in [0, 0.1) is 13.8 Å². The molecule has 3 rings (SSSR count). The van der Waals surface area contributed by atoms with Crippen LogP contribution in [-0.4, -0.2) is 18.3 Å². The van der Waals surface area contributed by atoms with Gasteiger partial charge in [0.1, 0.15) is 11.9 Å². The fourth-order valence-electron chi connectivity index (χ4n) is 3.20. The van der Waals surface area contributed by atoms with Gasteiger partial charge in [-0.25, -0.2) is 0 Å². The summed E-state index contributed by atoms with van der Waals surface area (Å²) in [7, 11) is 0. The van der Waals surface area contributed by atoms with E-state index in [9.17, 15) is 0 Å². The summed E-state index contributed by atoms with van der Waals surface area (Å²) in [6.45, 7) is 5.10. The zero-order chi connectivity index (χ0) is 12.6. The highest BCUT2D eigenvalue weighted by atomic mass is 16.5. The van der Waals surface area contributed by atoms with Gasteiger partial charge in [0.05, 0.1) is 12.2 Å². The lowest BCUT2D eigenvalue weighted by molar-refractivity contribution is -0.153. The molecule has 0 radical (unpaired) electrons. The number of aryl methyl sites for hydroxylation is 2. The SMILES string of the molecule is Cc1cc(C)cc(OC2CCOC3(CCC3)C2)c1. The molecule has 1 heterocycles. The predicted octanol–water partition coefficient (Wildman–Crippen LogP) is 3.78. The summed E-state index contributed by atoms with van der Waals surface area (Å²) in [4.78, 5) is 0. The van der Waals surface area contributed by atoms with Crippen molar-refractivity contribution >= 4 is 0 Å². The number of hydrogen-bond donors (Lipinski definition) is 0. The average Bonchev–Trinajstić information content (AvgIpc) is 2.26. The van der Waals surface area contributed by atoms with E-state index in [0.29, 0.717) is 6.10 Å². The second kappa shape index (κ2) is 4.58. The molecule has 1 aromatic rings. The molecule has 1 aliphatic carbocycles. The van der Waals surface area contributed by atoms with Gasteiger partial charge in [-0.15, -0.1) is 0 Å². The molecule has 0 N–H and O–H groups in total. The van der Waals surface area contributed by atoms with Crippen LogP contribution in [0.2, 0.25) is 0 Å². The van der Waals surface area contributed by atoms with Gasteiger partial charge in [-0.3, -0.25) is 0 Å². The topological polar surface area (TPSA) is 18.5 Å². The molecule has 2 aliphatic rings. The maximum atomic E-state index is 6.17. The largest absolute Gasteiger partial charge is 0.490 e. The van der Waals surface area contributed by atoms with Gasteiger partial charge in [-0.2, -0.15) is 0 Å². The van der Waals surface area contributed by atoms with Crippen molar-refractivity contribution in [2.75, 3.05) is 6.61 Å². The van der Waals surface area contributed by atoms with Crippen LogP contribution in [0.25, 0.3) is 0 Å². The molecular weight excluding hydrogens is 224 g/mol. The van der Waals surface area contributed by atoms with Crippen LogP contribution in [0.15, 0.2) is 18.2 Å². The highest BCUT2D eigenvalue weighted by Gasteiger charge is 2.43. The zero-order valence-electron chi connectivity index (χ0n) is 11.4. The Morgan fingerprint density at radius 2 is 1.89 bits per heavy atom. The molecule has 0 bridgehead atoms. The third kappa shape index (κ3) is 2.39. The Kier molecular flexibility index (Phi) is 3.06. The van der Waals surface area contributed by atoms with Gasteiger partial charge in [0.15, 0.2) is 0 Å². The standard InChI is InChI=1S/C16H22O2/c1-12-8-13(2)10-15(9-12)18-14-4-7-17-16(11-14)5-3-6-16/h8-10,14H,3-7,11H2,1-2H3.